The maximum absolute atomic E-state index is 10.8. The molecule has 4 nitrogen and oxygen atoms in total. The van der Waals surface area contributed by atoms with E-state index in [-0.39, 0.29) is 22.5 Å². The Labute approximate surface area is 121 Å². The maximum Gasteiger partial charge on any atom is 0.220 e. The van der Waals surface area contributed by atoms with Crippen molar-refractivity contribution in [2.24, 2.45) is 0 Å². The van der Waals surface area contributed by atoms with Crippen LogP contribution in [0.5, 0.6) is 5.75 Å². The fourth-order valence-electron chi connectivity index (χ4n) is 1.82. The number of thioether (sulfide) groups is 1. The Morgan fingerprint density at radius 1 is 1.15 bits per heavy atom. The molecule has 0 bridgehead atoms. The molecule has 1 atom stereocenters. The topological polar surface area (TPSA) is 63.4 Å². The highest BCUT2D eigenvalue weighted by atomic mass is 32.2. The Balaban J connectivity index is 2.21. The summed E-state index contributed by atoms with van der Waals surface area (Å²) >= 11 is 1.46. The van der Waals surface area contributed by atoms with Gasteiger partial charge in [-0.3, -0.25) is 10.1 Å². The smallest absolute Gasteiger partial charge is 0.220 e. The maximum atomic E-state index is 10.8. The predicted octanol–water partition coefficient (Wildman–Crippen LogP) is 3.81. The van der Waals surface area contributed by atoms with E-state index < -0.39 is 0 Å². The number of aromatic hydroxyl groups is 1. The van der Waals surface area contributed by atoms with Gasteiger partial charge in [0.2, 0.25) is 6.54 Å². The van der Waals surface area contributed by atoms with Gasteiger partial charge in [0.05, 0.1) is 5.25 Å². The Hall–Kier alpha value is -2.01. The first kappa shape index (κ1) is 14.4. The molecule has 0 saturated heterocycles. The predicted molar refractivity (Wildman–Crippen MR) is 79.7 cm³/mol. The fourth-order valence-corrected chi connectivity index (χ4v) is 2.93. The Bertz CT molecular complexity index is 581. The van der Waals surface area contributed by atoms with E-state index in [4.69, 9.17) is 0 Å². The summed E-state index contributed by atoms with van der Waals surface area (Å²) in [4.78, 5) is 11.5. The van der Waals surface area contributed by atoms with E-state index in [0.29, 0.717) is 0 Å². The molecule has 104 valence electrons. The van der Waals surface area contributed by atoms with Crippen LogP contribution in [0.25, 0.3) is 0 Å². The second-order valence-corrected chi connectivity index (χ2v) is 5.80. The van der Waals surface area contributed by atoms with Gasteiger partial charge in [-0.15, -0.1) is 11.8 Å². The molecule has 20 heavy (non-hydrogen) atoms. The molecule has 2 aromatic rings. The Morgan fingerprint density at radius 3 is 2.30 bits per heavy atom. The van der Waals surface area contributed by atoms with E-state index >= 15 is 0 Å². The zero-order valence-corrected chi connectivity index (χ0v) is 11.8. The van der Waals surface area contributed by atoms with Gasteiger partial charge in [-0.2, -0.15) is 0 Å². The van der Waals surface area contributed by atoms with Gasteiger partial charge in [0.15, 0.2) is 0 Å². The first-order valence-corrected chi connectivity index (χ1v) is 7.06. The lowest BCUT2D eigenvalue weighted by atomic mass is 10.1. The minimum absolute atomic E-state index is 0.149. The second kappa shape index (κ2) is 6.43. The van der Waals surface area contributed by atoms with Crippen LogP contribution in [0.15, 0.2) is 53.4 Å². The molecule has 0 fully saturated rings. The molecule has 0 saturated carbocycles. The van der Waals surface area contributed by atoms with E-state index in [1.54, 1.807) is 24.3 Å². The monoisotopic (exact) mass is 289 g/mol. The van der Waals surface area contributed by atoms with Crippen molar-refractivity contribution >= 4 is 11.8 Å². The lowest BCUT2D eigenvalue weighted by Gasteiger charge is -2.13. The highest BCUT2D eigenvalue weighted by Gasteiger charge is 2.19. The number of benzene rings is 2. The molecule has 0 amide bonds. The third-order valence-electron chi connectivity index (χ3n) is 2.88. The molecule has 0 radical (unpaired) electrons. The van der Waals surface area contributed by atoms with Gasteiger partial charge in [-0.05, 0) is 36.8 Å². The quantitative estimate of drug-likeness (QED) is 0.516. The summed E-state index contributed by atoms with van der Waals surface area (Å²) in [5.74, 6) is 0.161. The molecular weight excluding hydrogens is 274 g/mol. The number of nitrogens with zero attached hydrogens (tertiary/aromatic N) is 1. The number of rotatable bonds is 5. The van der Waals surface area contributed by atoms with Crippen molar-refractivity contribution in [2.45, 2.75) is 17.1 Å². The summed E-state index contributed by atoms with van der Waals surface area (Å²) in [6, 6.07) is 14.5. The first-order chi connectivity index (χ1) is 9.54. The van der Waals surface area contributed by atoms with Crippen LogP contribution < -0.4 is 0 Å². The summed E-state index contributed by atoms with van der Waals surface area (Å²) in [5.41, 5.74) is 2.00. The molecular formula is C15H15NO3S. The molecule has 0 aliphatic rings. The summed E-state index contributed by atoms with van der Waals surface area (Å²) in [5, 5.41) is 19.9. The molecule has 0 aliphatic carbocycles. The lowest BCUT2D eigenvalue weighted by molar-refractivity contribution is -0.479. The average Bonchev–Trinajstić information content (AvgIpc) is 2.41. The van der Waals surface area contributed by atoms with E-state index in [9.17, 15) is 15.2 Å². The number of hydrogen-bond acceptors (Lipinski definition) is 4. The van der Waals surface area contributed by atoms with Crippen LogP contribution in [0.2, 0.25) is 0 Å². The number of hydrogen-bond donors (Lipinski definition) is 1. The van der Waals surface area contributed by atoms with E-state index in [1.807, 2.05) is 31.2 Å². The summed E-state index contributed by atoms with van der Waals surface area (Å²) in [6.07, 6.45) is 0. The van der Waals surface area contributed by atoms with Gasteiger partial charge in [0.1, 0.15) is 5.75 Å². The van der Waals surface area contributed by atoms with E-state index in [1.165, 1.54) is 11.8 Å². The zero-order valence-electron chi connectivity index (χ0n) is 11.0. The molecule has 2 rings (SSSR count). The molecule has 1 N–H and O–H groups in total. The molecule has 0 aromatic heterocycles. The van der Waals surface area contributed by atoms with Crippen LogP contribution in [0.3, 0.4) is 0 Å². The first-order valence-electron chi connectivity index (χ1n) is 6.18. The summed E-state index contributed by atoms with van der Waals surface area (Å²) in [6.45, 7) is 1.85. The number of aryl methyl sites for hydroxylation is 1. The van der Waals surface area contributed by atoms with E-state index in [0.717, 1.165) is 16.0 Å². The highest BCUT2D eigenvalue weighted by Crippen LogP contribution is 2.35. The van der Waals surface area contributed by atoms with Crippen molar-refractivity contribution in [3.05, 3.63) is 69.8 Å². The SMILES string of the molecule is Cc1ccc(SC(C[N+](=O)[O-])c2ccc(O)cc2)cc1. The third kappa shape index (κ3) is 3.99. The number of nitro groups is 1. The van der Waals surface area contributed by atoms with Crippen LogP contribution in [0.4, 0.5) is 0 Å². The van der Waals surface area contributed by atoms with Gasteiger partial charge < -0.3 is 5.11 Å². The zero-order chi connectivity index (χ0) is 14.5. The number of phenols is 1. The van der Waals surface area contributed by atoms with Crippen LogP contribution in [-0.4, -0.2) is 16.6 Å². The molecule has 2 aromatic carbocycles. The largest absolute Gasteiger partial charge is 0.508 e. The lowest BCUT2D eigenvalue weighted by Crippen LogP contribution is -2.09. The van der Waals surface area contributed by atoms with Gasteiger partial charge in [-0.1, -0.05) is 29.8 Å². The van der Waals surface area contributed by atoms with Crippen LogP contribution in [0.1, 0.15) is 16.4 Å². The van der Waals surface area contributed by atoms with Crippen molar-refractivity contribution in [2.75, 3.05) is 6.54 Å². The minimum atomic E-state index is -0.307. The van der Waals surface area contributed by atoms with Gasteiger partial charge in [0.25, 0.3) is 0 Å². The molecule has 0 heterocycles. The molecule has 5 heteroatoms. The molecule has 0 spiro atoms. The fraction of sp³-hybridized carbons (Fsp3) is 0.200. The molecule has 0 aliphatic heterocycles. The van der Waals surface area contributed by atoms with Gasteiger partial charge >= 0.3 is 0 Å². The van der Waals surface area contributed by atoms with Crippen LogP contribution in [0, 0.1) is 17.0 Å². The van der Waals surface area contributed by atoms with Gasteiger partial charge in [0, 0.05) is 9.82 Å². The van der Waals surface area contributed by atoms with Crippen molar-refractivity contribution in [3.63, 3.8) is 0 Å². The van der Waals surface area contributed by atoms with Crippen molar-refractivity contribution in [1.29, 1.82) is 0 Å². The van der Waals surface area contributed by atoms with Crippen molar-refractivity contribution in [3.8, 4) is 5.75 Å². The van der Waals surface area contributed by atoms with Crippen LogP contribution >= 0.6 is 11.8 Å². The normalized spacial score (nSPS) is 12.1. The Morgan fingerprint density at radius 2 is 1.75 bits per heavy atom. The number of phenolic OH excluding ortho intramolecular Hbond substituents is 1. The highest BCUT2D eigenvalue weighted by molar-refractivity contribution is 7.99. The second-order valence-electron chi connectivity index (χ2n) is 4.53. The standard InChI is InChI=1S/C15H15NO3S/c1-11-2-8-14(9-3-11)20-15(10-16(18)19)12-4-6-13(17)7-5-12/h2-9,15,17H,10H2,1H3. The average molecular weight is 289 g/mol. The minimum Gasteiger partial charge on any atom is -0.508 e. The summed E-state index contributed by atoms with van der Waals surface area (Å²) in [7, 11) is 0. The summed E-state index contributed by atoms with van der Waals surface area (Å²) < 4.78 is 0. The van der Waals surface area contributed by atoms with Gasteiger partial charge in [-0.25, -0.2) is 0 Å². The molecule has 1 unspecified atom stereocenters. The van der Waals surface area contributed by atoms with Crippen LogP contribution in [-0.2, 0) is 0 Å². The Kier molecular flexibility index (Phi) is 4.63. The third-order valence-corrected chi connectivity index (χ3v) is 4.13. The van der Waals surface area contributed by atoms with E-state index in [2.05, 4.69) is 0 Å². The van der Waals surface area contributed by atoms with Crippen molar-refractivity contribution < 1.29 is 10.0 Å². The van der Waals surface area contributed by atoms with Crippen molar-refractivity contribution in [1.82, 2.24) is 0 Å².